The molecule has 0 unspecified atom stereocenters. The molecular weight excluding hydrogens is 224 g/mol. The molecule has 1 amide bonds. The fraction of sp³-hybridized carbons (Fsp3) is 0.727. The van der Waals surface area contributed by atoms with Crippen LogP contribution in [0.25, 0.3) is 0 Å². The Kier molecular flexibility index (Phi) is 5.81. The van der Waals surface area contributed by atoms with Crippen LogP contribution >= 0.6 is 0 Å². The lowest BCUT2D eigenvalue weighted by Crippen LogP contribution is -2.54. The van der Waals surface area contributed by atoms with Crippen molar-refractivity contribution in [2.24, 2.45) is 0 Å². The van der Waals surface area contributed by atoms with Gasteiger partial charge in [0.2, 0.25) is 5.91 Å². The zero-order chi connectivity index (χ0) is 13.6. The topological polar surface area (TPSA) is 95.5 Å². The van der Waals surface area contributed by atoms with Gasteiger partial charge in [-0.2, -0.15) is 0 Å². The van der Waals surface area contributed by atoms with Crippen LogP contribution in [-0.4, -0.2) is 41.4 Å². The van der Waals surface area contributed by atoms with Crippen LogP contribution in [0.4, 0.5) is 0 Å². The van der Waals surface area contributed by atoms with Gasteiger partial charge in [0.25, 0.3) is 0 Å². The smallest absolute Gasteiger partial charge is 0.303 e. The molecule has 0 rings (SSSR count). The fourth-order valence-corrected chi connectivity index (χ4v) is 1.16. The molecule has 0 saturated heterocycles. The van der Waals surface area contributed by atoms with Gasteiger partial charge in [-0.25, -0.2) is 0 Å². The van der Waals surface area contributed by atoms with Gasteiger partial charge in [0.05, 0.1) is 11.6 Å². The molecule has 0 aliphatic rings. The number of hydrogen-bond donors (Lipinski definition) is 3. The van der Waals surface area contributed by atoms with Crippen molar-refractivity contribution in [3.05, 3.63) is 0 Å². The van der Waals surface area contributed by atoms with Crippen molar-refractivity contribution in [3.8, 4) is 0 Å². The third kappa shape index (κ3) is 5.44. The summed E-state index contributed by atoms with van der Waals surface area (Å²) >= 11 is 0. The molecule has 6 nitrogen and oxygen atoms in total. The molecule has 0 bridgehead atoms. The van der Waals surface area contributed by atoms with Gasteiger partial charge in [-0.1, -0.05) is 0 Å². The van der Waals surface area contributed by atoms with Crippen molar-refractivity contribution in [2.75, 3.05) is 7.05 Å². The summed E-state index contributed by atoms with van der Waals surface area (Å²) in [6.07, 6.45) is 0.0884. The van der Waals surface area contributed by atoms with Crippen LogP contribution < -0.4 is 10.6 Å². The van der Waals surface area contributed by atoms with E-state index in [0.717, 1.165) is 0 Å². The molecule has 0 heterocycles. The molecule has 1 atom stereocenters. The summed E-state index contributed by atoms with van der Waals surface area (Å²) in [6.45, 7) is 4.61. The van der Waals surface area contributed by atoms with Gasteiger partial charge in [0, 0.05) is 6.42 Å². The third-order valence-corrected chi connectivity index (χ3v) is 2.63. The lowest BCUT2D eigenvalue weighted by Gasteiger charge is -2.26. The summed E-state index contributed by atoms with van der Waals surface area (Å²) < 4.78 is 0. The molecule has 0 spiro atoms. The van der Waals surface area contributed by atoms with E-state index in [2.05, 4.69) is 10.6 Å². The van der Waals surface area contributed by atoms with Crippen LogP contribution in [-0.2, 0) is 14.4 Å². The molecule has 6 heteroatoms. The van der Waals surface area contributed by atoms with Crippen molar-refractivity contribution in [2.45, 2.75) is 45.2 Å². The summed E-state index contributed by atoms with van der Waals surface area (Å²) in [4.78, 5) is 33.5. The Morgan fingerprint density at radius 2 is 1.82 bits per heavy atom. The lowest BCUT2D eigenvalue weighted by atomic mass is 9.99. The van der Waals surface area contributed by atoms with Crippen LogP contribution in [0.5, 0.6) is 0 Å². The van der Waals surface area contributed by atoms with Gasteiger partial charge in [0.1, 0.15) is 0 Å². The Morgan fingerprint density at radius 1 is 1.29 bits per heavy atom. The molecule has 0 aromatic carbocycles. The van der Waals surface area contributed by atoms with E-state index in [1.54, 1.807) is 20.9 Å². The van der Waals surface area contributed by atoms with Crippen molar-refractivity contribution >= 4 is 17.7 Å². The average Bonchev–Trinajstić information content (AvgIpc) is 2.16. The molecule has 0 aliphatic carbocycles. The second-order valence-electron chi connectivity index (χ2n) is 4.44. The first-order valence-corrected chi connectivity index (χ1v) is 5.43. The van der Waals surface area contributed by atoms with E-state index in [4.69, 9.17) is 5.11 Å². The largest absolute Gasteiger partial charge is 0.481 e. The Hall–Kier alpha value is -1.43. The monoisotopic (exact) mass is 244 g/mol. The minimum absolute atomic E-state index is 0.0978. The minimum atomic E-state index is -0.955. The van der Waals surface area contributed by atoms with Crippen molar-refractivity contribution < 1.29 is 19.5 Å². The number of carboxylic acids is 1. The number of Topliss-reactive ketones (excluding diaryl/α,β-unsaturated/α-hetero) is 1. The molecule has 17 heavy (non-hydrogen) atoms. The fourth-order valence-electron chi connectivity index (χ4n) is 1.16. The highest BCUT2D eigenvalue weighted by atomic mass is 16.4. The molecule has 98 valence electrons. The predicted molar refractivity (Wildman–Crippen MR) is 62.6 cm³/mol. The van der Waals surface area contributed by atoms with Gasteiger partial charge in [-0.15, -0.1) is 0 Å². The highest BCUT2D eigenvalue weighted by Gasteiger charge is 2.28. The second kappa shape index (κ2) is 6.34. The molecular formula is C11H20N2O4. The average molecular weight is 244 g/mol. The zero-order valence-electron chi connectivity index (χ0n) is 10.7. The second-order valence-corrected chi connectivity index (χ2v) is 4.44. The Labute approximate surface area is 101 Å². The quantitative estimate of drug-likeness (QED) is 0.582. The predicted octanol–water partition coefficient (Wildman–Crippen LogP) is -0.0770. The van der Waals surface area contributed by atoms with Crippen molar-refractivity contribution in [1.82, 2.24) is 10.6 Å². The van der Waals surface area contributed by atoms with E-state index in [9.17, 15) is 14.4 Å². The van der Waals surface area contributed by atoms with E-state index in [-0.39, 0.29) is 24.5 Å². The number of carbonyl (C=O) groups is 3. The van der Waals surface area contributed by atoms with Crippen LogP contribution in [0.1, 0.15) is 33.6 Å². The zero-order valence-corrected chi connectivity index (χ0v) is 10.7. The number of aliphatic carboxylic acids is 1. The summed E-state index contributed by atoms with van der Waals surface area (Å²) in [5, 5.41) is 13.9. The number of hydrogen-bond acceptors (Lipinski definition) is 4. The number of carboxylic acid groups (broad SMARTS) is 1. The first-order valence-electron chi connectivity index (χ1n) is 5.43. The molecule has 0 aromatic rings. The first kappa shape index (κ1) is 15.6. The summed E-state index contributed by atoms with van der Waals surface area (Å²) in [7, 11) is 1.58. The molecule has 0 fully saturated rings. The highest BCUT2D eigenvalue weighted by Crippen LogP contribution is 2.05. The number of ketones is 1. The maximum absolute atomic E-state index is 11.8. The maximum Gasteiger partial charge on any atom is 0.303 e. The molecule has 0 radical (unpaired) electrons. The van der Waals surface area contributed by atoms with Crippen LogP contribution in [0, 0.1) is 0 Å². The molecule has 3 N–H and O–H groups in total. The number of nitrogens with one attached hydrogen (secondary N) is 2. The van der Waals surface area contributed by atoms with Crippen LogP contribution in [0.3, 0.4) is 0 Å². The molecule has 0 aliphatic heterocycles. The molecule has 0 aromatic heterocycles. The van der Waals surface area contributed by atoms with Gasteiger partial charge in [-0.3, -0.25) is 14.4 Å². The Morgan fingerprint density at radius 3 is 2.18 bits per heavy atom. The first-order chi connectivity index (χ1) is 7.70. The Balaban J connectivity index is 4.45. The van der Waals surface area contributed by atoms with Gasteiger partial charge in [0.15, 0.2) is 5.78 Å². The highest BCUT2D eigenvalue weighted by molar-refractivity contribution is 5.92. The van der Waals surface area contributed by atoms with E-state index >= 15 is 0 Å². The van der Waals surface area contributed by atoms with Gasteiger partial charge in [-0.05, 0) is 34.2 Å². The number of rotatable bonds is 7. The van der Waals surface area contributed by atoms with Crippen molar-refractivity contribution in [1.29, 1.82) is 0 Å². The minimum Gasteiger partial charge on any atom is -0.481 e. The van der Waals surface area contributed by atoms with Crippen molar-refractivity contribution in [3.63, 3.8) is 0 Å². The number of likely N-dealkylation sites (N-methyl/N-ethyl adjacent to an activating group) is 1. The SMILES string of the molecule is CN[C@@H](CCC(=O)O)C(=O)NC(C)(C)C(C)=O. The van der Waals surface area contributed by atoms with Gasteiger partial charge < -0.3 is 15.7 Å². The Bertz CT molecular complexity index is 313. The van der Waals surface area contributed by atoms with E-state index < -0.39 is 17.6 Å². The standard InChI is InChI=1S/C11H20N2O4/c1-7(14)11(2,3)13-10(17)8(12-4)5-6-9(15)16/h8,12H,5-6H2,1-4H3,(H,13,17)(H,15,16)/t8-/m0/s1. The van der Waals surface area contributed by atoms with E-state index in [0.29, 0.717) is 0 Å². The third-order valence-electron chi connectivity index (χ3n) is 2.63. The number of amides is 1. The number of carbonyl (C=O) groups excluding carboxylic acids is 2. The summed E-state index contributed by atoms with van der Waals surface area (Å²) in [6, 6.07) is -0.607. The van der Waals surface area contributed by atoms with Crippen LogP contribution in [0.2, 0.25) is 0 Å². The van der Waals surface area contributed by atoms with E-state index in [1.807, 2.05) is 0 Å². The van der Waals surface area contributed by atoms with Crippen LogP contribution in [0.15, 0.2) is 0 Å². The normalized spacial score (nSPS) is 12.9. The maximum atomic E-state index is 11.8. The summed E-state index contributed by atoms with van der Waals surface area (Å²) in [5.74, 6) is -1.48. The lowest BCUT2D eigenvalue weighted by molar-refractivity contribution is -0.137. The van der Waals surface area contributed by atoms with Gasteiger partial charge >= 0.3 is 5.97 Å². The van der Waals surface area contributed by atoms with E-state index in [1.165, 1.54) is 6.92 Å². The summed E-state index contributed by atoms with van der Waals surface area (Å²) in [5.41, 5.74) is -0.935. The molecule has 0 saturated carbocycles.